The molecule has 0 heteroatoms. The van der Waals surface area contributed by atoms with Gasteiger partial charge in [0, 0.05) is 5.41 Å². The van der Waals surface area contributed by atoms with Gasteiger partial charge in [-0.15, -0.1) is 0 Å². The van der Waals surface area contributed by atoms with E-state index in [0.29, 0.717) is 0 Å². The lowest BCUT2D eigenvalue weighted by atomic mass is 9.80. The molecule has 0 unspecified atom stereocenters. The summed E-state index contributed by atoms with van der Waals surface area (Å²) in [6.45, 7) is 4.72. The second-order valence-corrected chi connectivity index (χ2v) is 11.3. The van der Waals surface area contributed by atoms with E-state index in [9.17, 15) is 0 Å². The monoisotopic (exact) mass is 496 g/mol. The van der Waals surface area contributed by atoms with E-state index in [0.717, 1.165) is 0 Å². The van der Waals surface area contributed by atoms with Crippen molar-refractivity contribution < 1.29 is 0 Å². The number of benzene rings is 7. The van der Waals surface area contributed by atoms with Gasteiger partial charge in [-0.1, -0.05) is 147 Å². The quantitative estimate of drug-likeness (QED) is 0.209. The van der Waals surface area contributed by atoms with Crippen LogP contribution in [0.1, 0.15) is 25.0 Å². The van der Waals surface area contributed by atoms with Crippen LogP contribution in [0, 0.1) is 0 Å². The van der Waals surface area contributed by atoms with Crippen LogP contribution in [0.25, 0.3) is 65.7 Å². The summed E-state index contributed by atoms with van der Waals surface area (Å²) in [5.41, 5.74) is 10.8. The summed E-state index contributed by atoms with van der Waals surface area (Å²) < 4.78 is 0. The SMILES string of the molecule is CC1(C)c2ccccc2-c2c(-c3c4ccccc4c(-c4cccc5ccccc45)c4ccccc34)cccc21. The Bertz CT molecular complexity index is 2030. The van der Waals surface area contributed by atoms with Gasteiger partial charge in [0.15, 0.2) is 0 Å². The summed E-state index contributed by atoms with van der Waals surface area (Å²) in [4.78, 5) is 0. The van der Waals surface area contributed by atoms with E-state index in [-0.39, 0.29) is 5.41 Å². The summed E-state index contributed by atoms with van der Waals surface area (Å²) in [6, 6.07) is 49.3. The molecule has 0 aromatic heterocycles. The molecule has 0 radical (unpaired) electrons. The second-order valence-electron chi connectivity index (χ2n) is 11.3. The maximum Gasteiger partial charge on any atom is 0.0159 e. The zero-order valence-electron chi connectivity index (χ0n) is 22.2. The zero-order valence-corrected chi connectivity index (χ0v) is 22.2. The highest BCUT2D eigenvalue weighted by Crippen LogP contribution is 2.54. The van der Waals surface area contributed by atoms with Crippen LogP contribution < -0.4 is 0 Å². The fraction of sp³-hybridized carbons (Fsp3) is 0.0769. The van der Waals surface area contributed by atoms with E-state index in [4.69, 9.17) is 0 Å². The highest BCUT2D eigenvalue weighted by atomic mass is 14.4. The Balaban J connectivity index is 1.55. The normalized spacial score (nSPS) is 13.6. The molecule has 0 aliphatic heterocycles. The number of fused-ring (bicyclic) bond motifs is 6. The van der Waals surface area contributed by atoms with Crippen LogP contribution in [-0.2, 0) is 5.41 Å². The molecule has 0 atom stereocenters. The molecule has 0 fully saturated rings. The van der Waals surface area contributed by atoms with Crippen molar-refractivity contribution in [2.24, 2.45) is 0 Å². The van der Waals surface area contributed by atoms with Gasteiger partial charge in [-0.3, -0.25) is 0 Å². The third-order valence-corrected chi connectivity index (χ3v) is 8.87. The van der Waals surface area contributed by atoms with E-state index >= 15 is 0 Å². The molecule has 0 N–H and O–H groups in total. The first-order chi connectivity index (χ1) is 19.1. The Morgan fingerprint density at radius 3 is 1.46 bits per heavy atom. The Morgan fingerprint density at radius 1 is 0.333 bits per heavy atom. The molecule has 0 saturated carbocycles. The average Bonchev–Trinajstić information content (AvgIpc) is 3.22. The third kappa shape index (κ3) is 3.06. The molecule has 0 saturated heterocycles. The number of hydrogen-bond donors (Lipinski definition) is 0. The Kier molecular flexibility index (Phi) is 4.67. The molecule has 0 nitrogen and oxygen atoms in total. The summed E-state index contributed by atoms with van der Waals surface area (Å²) >= 11 is 0. The third-order valence-electron chi connectivity index (χ3n) is 8.87. The van der Waals surface area contributed by atoms with Crippen LogP contribution in [0.3, 0.4) is 0 Å². The Labute approximate surface area is 229 Å². The minimum Gasteiger partial charge on any atom is -0.0619 e. The van der Waals surface area contributed by atoms with Gasteiger partial charge >= 0.3 is 0 Å². The lowest BCUT2D eigenvalue weighted by Gasteiger charge is -2.22. The smallest absolute Gasteiger partial charge is 0.0159 e. The summed E-state index contributed by atoms with van der Waals surface area (Å²) in [5.74, 6) is 0. The highest BCUT2D eigenvalue weighted by Gasteiger charge is 2.37. The first-order valence-corrected chi connectivity index (χ1v) is 13.8. The molecule has 7 aromatic carbocycles. The fourth-order valence-electron chi connectivity index (χ4n) is 7.12. The Hall–Kier alpha value is -4.68. The van der Waals surface area contributed by atoms with Gasteiger partial charge in [0.05, 0.1) is 0 Å². The molecule has 0 spiro atoms. The molecule has 1 aliphatic rings. The minimum atomic E-state index is -0.0313. The van der Waals surface area contributed by atoms with Crippen LogP contribution in [-0.4, -0.2) is 0 Å². The molecule has 0 bridgehead atoms. The molecular weight excluding hydrogens is 468 g/mol. The highest BCUT2D eigenvalue weighted by molar-refractivity contribution is 6.24. The first kappa shape index (κ1) is 22.3. The van der Waals surface area contributed by atoms with Crippen LogP contribution >= 0.6 is 0 Å². The topological polar surface area (TPSA) is 0 Å². The lowest BCUT2D eigenvalue weighted by Crippen LogP contribution is -2.14. The van der Waals surface area contributed by atoms with Crippen LogP contribution in [0.2, 0.25) is 0 Å². The molecule has 0 heterocycles. The van der Waals surface area contributed by atoms with Gasteiger partial charge in [-0.2, -0.15) is 0 Å². The van der Waals surface area contributed by atoms with Crippen molar-refractivity contribution in [1.29, 1.82) is 0 Å². The van der Waals surface area contributed by atoms with Crippen molar-refractivity contribution in [3.8, 4) is 33.4 Å². The van der Waals surface area contributed by atoms with Gasteiger partial charge < -0.3 is 0 Å². The molecule has 39 heavy (non-hydrogen) atoms. The van der Waals surface area contributed by atoms with Crippen molar-refractivity contribution in [3.63, 3.8) is 0 Å². The molecule has 8 rings (SSSR count). The maximum atomic E-state index is 2.36. The van der Waals surface area contributed by atoms with Crippen molar-refractivity contribution in [2.75, 3.05) is 0 Å². The van der Waals surface area contributed by atoms with Crippen LogP contribution in [0.4, 0.5) is 0 Å². The van der Waals surface area contributed by atoms with Gasteiger partial charge in [0.1, 0.15) is 0 Å². The second kappa shape index (κ2) is 8.16. The first-order valence-electron chi connectivity index (χ1n) is 13.8. The maximum absolute atomic E-state index is 2.36. The standard InChI is InChI=1S/C39H28/c1-39(2)34-23-10-9-20-32(34)38-33(22-12-24-35(38)39)37-30-18-7-5-16-28(30)36(29-17-6-8-19-31(29)37)27-21-11-14-25-13-3-4-15-26(25)27/h3-24H,1-2H3. The van der Waals surface area contributed by atoms with Gasteiger partial charge in [0.25, 0.3) is 0 Å². The number of hydrogen-bond acceptors (Lipinski definition) is 0. The lowest BCUT2D eigenvalue weighted by molar-refractivity contribution is 0.660. The zero-order chi connectivity index (χ0) is 26.1. The Morgan fingerprint density at radius 2 is 0.769 bits per heavy atom. The molecule has 0 amide bonds. The minimum absolute atomic E-state index is 0.0313. The van der Waals surface area contributed by atoms with Crippen LogP contribution in [0.15, 0.2) is 133 Å². The fourth-order valence-corrected chi connectivity index (χ4v) is 7.12. The van der Waals surface area contributed by atoms with E-state index in [1.54, 1.807) is 0 Å². The van der Waals surface area contributed by atoms with Crippen molar-refractivity contribution in [1.82, 2.24) is 0 Å². The van der Waals surface area contributed by atoms with E-state index in [1.807, 2.05) is 0 Å². The average molecular weight is 497 g/mol. The number of rotatable bonds is 2. The summed E-state index contributed by atoms with van der Waals surface area (Å²) in [7, 11) is 0. The molecule has 7 aromatic rings. The van der Waals surface area contributed by atoms with E-state index < -0.39 is 0 Å². The van der Waals surface area contributed by atoms with E-state index in [2.05, 4.69) is 147 Å². The van der Waals surface area contributed by atoms with Crippen molar-refractivity contribution in [3.05, 3.63) is 145 Å². The van der Waals surface area contributed by atoms with Crippen molar-refractivity contribution in [2.45, 2.75) is 19.3 Å². The molecule has 1 aliphatic carbocycles. The predicted molar refractivity (Wildman–Crippen MR) is 167 cm³/mol. The van der Waals surface area contributed by atoms with Gasteiger partial charge in [0.2, 0.25) is 0 Å². The van der Waals surface area contributed by atoms with Gasteiger partial charge in [-0.05, 0) is 76.8 Å². The largest absolute Gasteiger partial charge is 0.0619 e. The van der Waals surface area contributed by atoms with E-state index in [1.165, 1.54) is 76.8 Å². The molecule has 184 valence electrons. The molecular formula is C39H28. The summed E-state index contributed by atoms with van der Waals surface area (Å²) in [5, 5.41) is 7.76. The van der Waals surface area contributed by atoms with Crippen LogP contribution in [0.5, 0.6) is 0 Å². The van der Waals surface area contributed by atoms with Crippen molar-refractivity contribution >= 4 is 32.3 Å². The van der Waals surface area contributed by atoms with Gasteiger partial charge in [-0.25, -0.2) is 0 Å². The summed E-state index contributed by atoms with van der Waals surface area (Å²) in [6.07, 6.45) is 0. The predicted octanol–water partition coefficient (Wildman–Crippen LogP) is 10.8.